The minimum Gasteiger partial charge on any atom is -0.326 e. The molecule has 1 aliphatic heterocycles. The average Bonchev–Trinajstić information content (AvgIpc) is 3.02. The maximum absolute atomic E-state index is 14.2. The van der Waals surface area contributed by atoms with Crippen LogP contribution in [0.5, 0.6) is 0 Å². The summed E-state index contributed by atoms with van der Waals surface area (Å²) in [6, 6.07) is 23.8. The van der Waals surface area contributed by atoms with Gasteiger partial charge in [-0.25, -0.2) is 9.80 Å². The number of benzene rings is 3. The molecule has 3 aromatic rings. The first-order chi connectivity index (χ1) is 19.0. The highest BCUT2D eigenvalue weighted by atomic mass is 16.2. The zero-order valence-electron chi connectivity index (χ0n) is 24.0. The van der Waals surface area contributed by atoms with Crippen LogP contribution in [-0.2, 0) is 9.59 Å². The Hall–Kier alpha value is -4.13. The van der Waals surface area contributed by atoms with Crippen LogP contribution in [0.1, 0.15) is 74.2 Å². The number of hydrogen-bond donors (Lipinski definition) is 3. The lowest BCUT2D eigenvalue weighted by atomic mass is 9.86. The summed E-state index contributed by atoms with van der Waals surface area (Å²) in [5.74, 6) is -0.616. The van der Waals surface area contributed by atoms with Crippen molar-refractivity contribution in [2.24, 2.45) is 5.41 Å². The lowest BCUT2D eigenvalue weighted by molar-refractivity contribution is -0.146. The van der Waals surface area contributed by atoms with Gasteiger partial charge in [0.2, 0.25) is 5.91 Å². The number of anilines is 1. The van der Waals surface area contributed by atoms with Gasteiger partial charge in [-0.1, -0.05) is 98.6 Å². The van der Waals surface area contributed by atoms with Gasteiger partial charge in [-0.3, -0.25) is 15.0 Å². The zero-order valence-corrected chi connectivity index (χ0v) is 24.0. The molecule has 7 nitrogen and oxygen atoms in total. The van der Waals surface area contributed by atoms with Gasteiger partial charge in [0.25, 0.3) is 5.91 Å². The van der Waals surface area contributed by atoms with Crippen molar-refractivity contribution >= 4 is 23.5 Å². The molecule has 210 valence electrons. The average molecular weight is 541 g/mol. The maximum atomic E-state index is 14.2. The second kappa shape index (κ2) is 12.4. The molecule has 0 radical (unpaired) electrons. The summed E-state index contributed by atoms with van der Waals surface area (Å²) in [4.78, 5) is 40.4. The van der Waals surface area contributed by atoms with Crippen molar-refractivity contribution in [3.8, 4) is 0 Å². The predicted octanol–water partition coefficient (Wildman–Crippen LogP) is 6.41. The van der Waals surface area contributed by atoms with Crippen LogP contribution < -0.4 is 16.1 Å². The number of carbonyl (C=O) groups excluding carboxylic acids is 3. The smallest absolute Gasteiger partial charge is 0.319 e. The Labute approximate surface area is 237 Å². The number of hydrazine groups is 1. The molecule has 1 fully saturated rings. The van der Waals surface area contributed by atoms with Crippen molar-refractivity contribution in [3.05, 3.63) is 101 Å². The van der Waals surface area contributed by atoms with Crippen LogP contribution in [0.15, 0.2) is 78.9 Å². The molecule has 3 unspecified atom stereocenters. The molecule has 1 saturated heterocycles. The summed E-state index contributed by atoms with van der Waals surface area (Å²) in [6.45, 7) is 9.95. The first-order valence-corrected chi connectivity index (χ1v) is 13.9. The fraction of sp³-hybridized carbons (Fsp3) is 0.364. The molecule has 0 aromatic heterocycles. The second-order valence-corrected chi connectivity index (χ2v) is 12.0. The molecule has 0 spiro atoms. The molecule has 1 heterocycles. The molecule has 0 aliphatic carbocycles. The molecule has 0 bridgehead atoms. The second-order valence-electron chi connectivity index (χ2n) is 12.0. The van der Waals surface area contributed by atoms with E-state index in [0.717, 1.165) is 22.3 Å². The Morgan fingerprint density at radius 1 is 0.825 bits per heavy atom. The maximum Gasteiger partial charge on any atom is 0.319 e. The normalized spacial score (nSPS) is 19.5. The van der Waals surface area contributed by atoms with Crippen LogP contribution in [0.25, 0.3) is 0 Å². The highest BCUT2D eigenvalue weighted by Crippen LogP contribution is 2.38. The molecule has 0 saturated carbocycles. The number of aryl methyl sites for hydroxylation is 2. The standard InChI is InChI=1S/C33H40N4O3/c1-22-11-15-25(16-12-22)29-20-26(24-9-7-6-8-10-24)19-28(31(39)37(29)36-30(38)21-33(3,4)5)35-32(40)34-27-17-13-23(2)14-18-27/h6-18,26,28-29H,19-21H2,1-5H3,(H,36,38)(H2,34,35,40). The molecule has 4 amide bonds. The SMILES string of the molecule is Cc1ccc(NC(=O)NC2CC(c3ccccc3)CC(c3ccc(C)cc3)N(NC(=O)CC(C)(C)C)C2=O)cc1. The lowest BCUT2D eigenvalue weighted by Crippen LogP contribution is -2.55. The highest BCUT2D eigenvalue weighted by Gasteiger charge is 2.40. The van der Waals surface area contributed by atoms with Gasteiger partial charge in [0, 0.05) is 12.1 Å². The number of rotatable bonds is 6. The molecule has 1 aliphatic rings. The van der Waals surface area contributed by atoms with Crippen LogP contribution in [0.4, 0.5) is 10.5 Å². The molecule has 3 aromatic carbocycles. The van der Waals surface area contributed by atoms with Crippen molar-refractivity contribution in [3.63, 3.8) is 0 Å². The monoisotopic (exact) mass is 540 g/mol. The third-order valence-corrected chi connectivity index (χ3v) is 7.16. The topological polar surface area (TPSA) is 90.5 Å². The van der Waals surface area contributed by atoms with E-state index in [9.17, 15) is 14.4 Å². The Balaban J connectivity index is 1.69. The molecule has 40 heavy (non-hydrogen) atoms. The summed E-state index contributed by atoms with van der Waals surface area (Å²) in [5, 5.41) is 7.21. The van der Waals surface area contributed by atoms with Gasteiger partial charge in [-0.05, 0) is 61.3 Å². The summed E-state index contributed by atoms with van der Waals surface area (Å²) in [7, 11) is 0. The molecule has 3 atom stereocenters. The third-order valence-electron chi connectivity index (χ3n) is 7.16. The van der Waals surface area contributed by atoms with Crippen LogP contribution >= 0.6 is 0 Å². The first-order valence-electron chi connectivity index (χ1n) is 13.9. The van der Waals surface area contributed by atoms with E-state index < -0.39 is 18.1 Å². The summed E-state index contributed by atoms with van der Waals surface area (Å²) >= 11 is 0. The zero-order chi connectivity index (χ0) is 28.9. The minimum atomic E-state index is -0.846. The van der Waals surface area contributed by atoms with E-state index in [2.05, 4.69) is 28.2 Å². The van der Waals surface area contributed by atoms with Crippen molar-refractivity contribution in [1.29, 1.82) is 0 Å². The summed E-state index contributed by atoms with van der Waals surface area (Å²) in [5.41, 5.74) is 7.52. The van der Waals surface area contributed by atoms with E-state index in [0.29, 0.717) is 18.5 Å². The van der Waals surface area contributed by atoms with Crippen LogP contribution in [0.3, 0.4) is 0 Å². The molecular formula is C33H40N4O3. The van der Waals surface area contributed by atoms with Crippen LogP contribution in [0.2, 0.25) is 0 Å². The fourth-order valence-electron chi connectivity index (χ4n) is 5.12. The molecular weight excluding hydrogens is 500 g/mol. The van der Waals surface area contributed by atoms with E-state index in [1.54, 1.807) is 0 Å². The molecule has 4 rings (SSSR count). The van der Waals surface area contributed by atoms with Gasteiger partial charge in [0.05, 0.1) is 6.04 Å². The highest BCUT2D eigenvalue weighted by molar-refractivity contribution is 5.94. The number of amides is 4. The number of carbonyl (C=O) groups is 3. The van der Waals surface area contributed by atoms with Crippen molar-refractivity contribution in [1.82, 2.24) is 15.8 Å². The van der Waals surface area contributed by atoms with Crippen LogP contribution in [-0.4, -0.2) is 28.9 Å². The number of nitrogens with one attached hydrogen (secondary N) is 3. The van der Waals surface area contributed by atoms with Crippen molar-refractivity contribution in [2.45, 2.75) is 71.9 Å². The quantitative estimate of drug-likeness (QED) is 0.338. The van der Waals surface area contributed by atoms with Gasteiger partial charge in [0.1, 0.15) is 6.04 Å². The third kappa shape index (κ3) is 7.72. The Bertz CT molecular complexity index is 1310. The minimum absolute atomic E-state index is 0.0364. The summed E-state index contributed by atoms with van der Waals surface area (Å²) in [6.07, 6.45) is 1.25. The number of hydrogen-bond acceptors (Lipinski definition) is 3. The number of urea groups is 1. The van der Waals surface area contributed by atoms with E-state index in [1.165, 1.54) is 5.01 Å². The van der Waals surface area contributed by atoms with Gasteiger partial charge >= 0.3 is 6.03 Å². The molecule has 7 heteroatoms. The lowest BCUT2D eigenvalue weighted by Gasteiger charge is -2.33. The largest absolute Gasteiger partial charge is 0.326 e. The first kappa shape index (κ1) is 28.9. The van der Waals surface area contributed by atoms with Crippen molar-refractivity contribution in [2.75, 3.05) is 5.32 Å². The number of nitrogens with zero attached hydrogens (tertiary/aromatic N) is 1. The van der Waals surface area contributed by atoms with Gasteiger partial charge in [-0.2, -0.15) is 0 Å². The Kier molecular flexibility index (Phi) is 8.93. The van der Waals surface area contributed by atoms with Gasteiger partial charge < -0.3 is 10.6 Å². The van der Waals surface area contributed by atoms with Gasteiger partial charge in [-0.15, -0.1) is 0 Å². The summed E-state index contributed by atoms with van der Waals surface area (Å²) < 4.78 is 0. The van der Waals surface area contributed by atoms with E-state index in [1.807, 2.05) is 101 Å². The van der Waals surface area contributed by atoms with Crippen molar-refractivity contribution < 1.29 is 14.4 Å². The van der Waals surface area contributed by atoms with E-state index in [4.69, 9.17) is 0 Å². The molecule has 3 N–H and O–H groups in total. The predicted molar refractivity (Wildman–Crippen MR) is 159 cm³/mol. The van der Waals surface area contributed by atoms with E-state index >= 15 is 0 Å². The van der Waals surface area contributed by atoms with Crippen LogP contribution in [0, 0.1) is 19.3 Å². The fourth-order valence-corrected chi connectivity index (χ4v) is 5.12. The van der Waals surface area contributed by atoms with E-state index in [-0.39, 0.29) is 29.6 Å². The Morgan fingerprint density at radius 3 is 2.02 bits per heavy atom. The Morgan fingerprint density at radius 2 is 1.43 bits per heavy atom. The van der Waals surface area contributed by atoms with Gasteiger partial charge in [0.15, 0.2) is 0 Å².